The van der Waals surface area contributed by atoms with E-state index in [0.29, 0.717) is 13.0 Å². The van der Waals surface area contributed by atoms with Gasteiger partial charge in [0.15, 0.2) is 11.2 Å². The summed E-state index contributed by atoms with van der Waals surface area (Å²) in [7, 11) is 3.13. The molecular weight excluding hydrogens is 328 g/mol. The van der Waals surface area contributed by atoms with E-state index in [1.54, 1.807) is 7.05 Å². The molecule has 0 aromatic carbocycles. The van der Waals surface area contributed by atoms with Crippen LogP contribution in [-0.2, 0) is 30.2 Å². The van der Waals surface area contributed by atoms with E-state index >= 15 is 0 Å². The molecule has 3 heterocycles. The van der Waals surface area contributed by atoms with E-state index in [4.69, 9.17) is 0 Å². The van der Waals surface area contributed by atoms with Crippen molar-refractivity contribution in [3.8, 4) is 0 Å². The van der Waals surface area contributed by atoms with Gasteiger partial charge in [-0.3, -0.25) is 19.0 Å². The van der Waals surface area contributed by atoms with Crippen LogP contribution in [0.5, 0.6) is 0 Å². The molecule has 1 aliphatic heterocycles. The van der Waals surface area contributed by atoms with Gasteiger partial charge in [-0.05, 0) is 19.3 Å². The minimum atomic E-state index is -0.644. The summed E-state index contributed by atoms with van der Waals surface area (Å²) in [5.74, 6) is -0.795. The second kappa shape index (κ2) is 6.54. The van der Waals surface area contributed by atoms with Crippen molar-refractivity contribution in [1.82, 2.24) is 29.3 Å². The fraction of sp³-hybridized carbons (Fsp3) is 0.533. The van der Waals surface area contributed by atoms with Crippen molar-refractivity contribution in [2.24, 2.45) is 14.1 Å². The highest BCUT2D eigenvalue weighted by atomic mass is 16.2. The number of amides is 2. The van der Waals surface area contributed by atoms with Crippen molar-refractivity contribution in [2.75, 3.05) is 6.54 Å². The molecule has 2 aromatic rings. The summed E-state index contributed by atoms with van der Waals surface area (Å²) < 4.78 is 3.58. The lowest BCUT2D eigenvalue weighted by atomic mass is 10.1. The van der Waals surface area contributed by atoms with Crippen LogP contribution in [0.3, 0.4) is 0 Å². The zero-order valence-corrected chi connectivity index (χ0v) is 14.1. The lowest BCUT2D eigenvalue weighted by Gasteiger charge is -2.15. The molecule has 1 fully saturated rings. The number of aromatic nitrogens is 4. The van der Waals surface area contributed by atoms with E-state index in [0.717, 1.165) is 17.4 Å². The molecule has 10 nitrogen and oxygen atoms in total. The van der Waals surface area contributed by atoms with Crippen LogP contribution < -0.4 is 21.9 Å². The third-order valence-corrected chi connectivity index (χ3v) is 4.37. The minimum absolute atomic E-state index is 0.238. The van der Waals surface area contributed by atoms with Gasteiger partial charge >= 0.3 is 5.69 Å². The number of nitrogens with zero attached hydrogens (tertiary/aromatic N) is 4. The maximum Gasteiger partial charge on any atom is 0.332 e. The summed E-state index contributed by atoms with van der Waals surface area (Å²) >= 11 is 0. The molecule has 1 unspecified atom stereocenters. The van der Waals surface area contributed by atoms with E-state index in [9.17, 15) is 19.2 Å². The standard InChI is InChI=1S/C15H20N6O4/c1-19-8-17-12-11(19)14(24)21(15(25)20(12)2)7-10(22)18-9-5-3-4-6-16-13(9)23/h8-9H,3-7H2,1-2H3,(H,16,23)(H,18,22). The van der Waals surface area contributed by atoms with E-state index in [1.165, 1.54) is 22.5 Å². The molecule has 0 bridgehead atoms. The van der Waals surface area contributed by atoms with Crippen LogP contribution in [0.4, 0.5) is 0 Å². The van der Waals surface area contributed by atoms with Crippen LogP contribution >= 0.6 is 0 Å². The molecule has 1 atom stereocenters. The predicted molar refractivity (Wildman–Crippen MR) is 89.0 cm³/mol. The zero-order valence-electron chi connectivity index (χ0n) is 14.1. The topological polar surface area (TPSA) is 120 Å². The van der Waals surface area contributed by atoms with Gasteiger partial charge in [0.1, 0.15) is 12.6 Å². The first-order valence-corrected chi connectivity index (χ1v) is 8.08. The Labute approximate surface area is 142 Å². The number of carbonyl (C=O) groups excluding carboxylic acids is 2. The zero-order chi connectivity index (χ0) is 18.1. The molecule has 0 saturated carbocycles. The minimum Gasteiger partial charge on any atom is -0.354 e. The summed E-state index contributed by atoms with van der Waals surface area (Å²) in [6, 6.07) is -0.644. The third kappa shape index (κ3) is 3.06. The predicted octanol–water partition coefficient (Wildman–Crippen LogP) is -1.78. The second-order valence-electron chi connectivity index (χ2n) is 6.17. The lowest BCUT2D eigenvalue weighted by Crippen LogP contribution is -2.49. The van der Waals surface area contributed by atoms with Crippen molar-refractivity contribution >= 4 is 23.0 Å². The Bertz CT molecular complexity index is 953. The molecule has 1 saturated heterocycles. The van der Waals surface area contributed by atoms with E-state index in [2.05, 4.69) is 15.6 Å². The molecule has 2 amide bonds. The van der Waals surface area contributed by atoms with Crippen LogP contribution in [0.1, 0.15) is 19.3 Å². The van der Waals surface area contributed by atoms with Crippen molar-refractivity contribution in [2.45, 2.75) is 31.8 Å². The molecule has 2 N–H and O–H groups in total. The smallest absolute Gasteiger partial charge is 0.332 e. The number of aryl methyl sites for hydroxylation is 2. The Morgan fingerprint density at radius 3 is 2.84 bits per heavy atom. The van der Waals surface area contributed by atoms with Crippen molar-refractivity contribution in [3.63, 3.8) is 0 Å². The third-order valence-electron chi connectivity index (χ3n) is 4.37. The molecule has 3 rings (SSSR count). The average molecular weight is 348 g/mol. The Morgan fingerprint density at radius 1 is 1.32 bits per heavy atom. The van der Waals surface area contributed by atoms with E-state index in [-0.39, 0.29) is 17.1 Å². The molecule has 25 heavy (non-hydrogen) atoms. The number of rotatable bonds is 3. The fourth-order valence-corrected chi connectivity index (χ4v) is 3.00. The average Bonchev–Trinajstić information content (AvgIpc) is 2.85. The first-order chi connectivity index (χ1) is 11.9. The molecule has 10 heteroatoms. The molecular formula is C15H20N6O4. The molecule has 2 aromatic heterocycles. The quantitative estimate of drug-likeness (QED) is 0.679. The Kier molecular flexibility index (Phi) is 4.43. The van der Waals surface area contributed by atoms with Gasteiger partial charge in [-0.2, -0.15) is 0 Å². The molecule has 0 spiro atoms. The normalized spacial score (nSPS) is 18.0. The summed E-state index contributed by atoms with van der Waals surface area (Å²) in [6.07, 6.45) is 3.64. The number of fused-ring (bicyclic) bond motifs is 1. The maximum absolute atomic E-state index is 12.6. The highest BCUT2D eigenvalue weighted by molar-refractivity contribution is 5.87. The van der Waals surface area contributed by atoms with Gasteiger partial charge in [0.05, 0.1) is 6.33 Å². The first-order valence-electron chi connectivity index (χ1n) is 8.08. The molecule has 0 radical (unpaired) electrons. The number of hydrogen-bond donors (Lipinski definition) is 2. The Hall–Kier alpha value is -2.91. The monoisotopic (exact) mass is 348 g/mol. The molecule has 1 aliphatic rings. The fourth-order valence-electron chi connectivity index (χ4n) is 3.00. The van der Waals surface area contributed by atoms with Crippen LogP contribution in [0.2, 0.25) is 0 Å². The van der Waals surface area contributed by atoms with Crippen LogP contribution in [-0.4, -0.2) is 43.1 Å². The van der Waals surface area contributed by atoms with Gasteiger partial charge in [0.2, 0.25) is 11.8 Å². The summed E-state index contributed by atoms with van der Waals surface area (Å²) in [5.41, 5.74) is -0.713. The summed E-state index contributed by atoms with van der Waals surface area (Å²) in [4.78, 5) is 53.2. The number of imidazole rings is 1. The largest absolute Gasteiger partial charge is 0.354 e. The molecule has 0 aliphatic carbocycles. The van der Waals surface area contributed by atoms with E-state index < -0.39 is 29.7 Å². The maximum atomic E-state index is 12.6. The van der Waals surface area contributed by atoms with Crippen molar-refractivity contribution in [3.05, 3.63) is 27.2 Å². The van der Waals surface area contributed by atoms with Crippen molar-refractivity contribution < 1.29 is 9.59 Å². The summed E-state index contributed by atoms with van der Waals surface area (Å²) in [6.45, 7) is 0.138. The number of carbonyl (C=O) groups is 2. The van der Waals surface area contributed by atoms with Crippen LogP contribution in [0, 0.1) is 0 Å². The van der Waals surface area contributed by atoms with Crippen LogP contribution in [0.25, 0.3) is 11.2 Å². The number of nitrogens with one attached hydrogen (secondary N) is 2. The van der Waals surface area contributed by atoms with Gasteiger partial charge in [-0.25, -0.2) is 14.3 Å². The summed E-state index contributed by atoms with van der Waals surface area (Å²) in [5, 5.41) is 5.33. The van der Waals surface area contributed by atoms with Crippen molar-refractivity contribution in [1.29, 1.82) is 0 Å². The Balaban J connectivity index is 1.89. The SMILES string of the molecule is Cn1cnc2c1c(=O)n(CC(=O)NC1CCCCNC1=O)c(=O)n2C. The van der Waals surface area contributed by atoms with Gasteiger partial charge in [0, 0.05) is 20.6 Å². The highest BCUT2D eigenvalue weighted by Gasteiger charge is 2.23. The van der Waals surface area contributed by atoms with Crippen LogP contribution in [0.15, 0.2) is 15.9 Å². The van der Waals surface area contributed by atoms with E-state index in [1.807, 2.05) is 0 Å². The molecule has 134 valence electrons. The van der Waals surface area contributed by atoms with Gasteiger partial charge in [0.25, 0.3) is 5.56 Å². The Morgan fingerprint density at radius 2 is 2.08 bits per heavy atom. The van der Waals surface area contributed by atoms with Gasteiger partial charge in [-0.15, -0.1) is 0 Å². The highest BCUT2D eigenvalue weighted by Crippen LogP contribution is 2.06. The first kappa shape index (κ1) is 16.9. The van der Waals surface area contributed by atoms with Gasteiger partial charge < -0.3 is 15.2 Å². The second-order valence-corrected chi connectivity index (χ2v) is 6.17. The number of hydrogen-bond acceptors (Lipinski definition) is 5. The van der Waals surface area contributed by atoms with Gasteiger partial charge in [-0.1, -0.05) is 0 Å². The lowest BCUT2D eigenvalue weighted by molar-refractivity contribution is -0.129.